The molecule has 0 radical (unpaired) electrons. The van der Waals surface area contributed by atoms with Crippen LogP contribution in [0.3, 0.4) is 0 Å². The van der Waals surface area contributed by atoms with Crippen molar-refractivity contribution < 1.29 is 0 Å². The predicted octanol–water partition coefficient (Wildman–Crippen LogP) is 2.55. The van der Waals surface area contributed by atoms with E-state index >= 15 is 0 Å². The molecule has 1 saturated carbocycles. The highest BCUT2D eigenvalue weighted by molar-refractivity contribution is 4.83. The minimum absolute atomic E-state index is 0.518. The second-order valence-electron chi connectivity index (χ2n) is 4.09. The maximum absolute atomic E-state index is 5.98. The van der Waals surface area contributed by atoms with Gasteiger partial charge in [0.05, 0.1) is 0 Å². The zero-order valence-corrected chi connectivity index (χ0v) is 7.84. The molecule has 0 heterocycles. The SMILES string of the molecule is CCC(C)CCC(N)C1CC1. The van der Waals surface area contributed by atoms with E-state index in [0.29, 0.717) is 6.04 Å². The molecular formula is C10H21N. The van der Waals surface area contributed by atoms with Gasteiger partial charge in [-0.15, -0.1) is 0 Å². The average molecular weight is 155 g/mol. The summed E-state index contributed by atoms with van der Waals surface area (Å²) < 4.78 is 0. The maximum atomic E-state index is 5.98. The summed E-state index contributed by atoms with van der Waals surface area (Å²) in [7, 11) is 0. The molecule has 0 aromatic rings. The first-order chi connectivity index (χ1) is 5.24. The van der Waals surface area contributed by atoms with E-state index in [4.69, 9.17) is 5.73 Å². The van der Waals surface area contributed by atoms with Crippen LogP contribution in [0.4, 0.5) is 0 Å². The zero-order valence-electron chi connectivity index (χ0n) is 7.84. The van der Waals surface area contributed by atoms with Gasteiger partial charge in [-0.05, 0) is 37.5 Å². The van der Waals surface area contributed by atoms with Crippen LogP contribution in [0.5, 0.6) is 0 Å². The van der Waals surface area contributed by atoms with E-state index in [0.717, 1.165) is 11.8 Å². The average Bonchev–Trinajstić information content (AvgIpc) is 2.81. The summed E-state index contributed by atoms with van der Waals surface area (Å²) in [4.78, 5) is 0. The van der Waals surface area contributed by atoms with Gasteiger partial charge in [0.25, 0.3) is 0 Å². The molecule has 0 amide bonds. The highest BCUT2D eigenvalue weighted by Gasteiger charge is 2.27. The third kappa shape index (κ3) is 3.24. The standard InChI is InChI=1S/C10H21N/c1-3-8(2)4-7-10(11)9-5-6-9/h8-10H,3-7,11H2,1-2H3. The van der Waals surface area contributed by atoms with Crippen molar-refractivity contribution in [3.05, 3.63) is 0 Å². The molecule has 66 valence electrons. The Labute approximate surface area is 70.4 Å². The molecule has 2 N–H and O–H groups in total. The second kappa shape index (κ2) is 4.10. The van der Waals surface area contributed by atoms with E-state index in [1.54, 1.807) is 0 Å². The molecule has 0 saturated heterocycles. The van der Waals surface area contributed by atoms with Crippen LogP contribution >= 0.6 is 0 Å². The van der Waals surface area contributed by atoms with Crippen LogP contribution in [0.25, 0.3) is 0 Å². The summed E-state index contributed by atoms with van der Waals surface area (Å²) >= 11 is 0. The highest BCUT2D eigenvalue weighted by Crippen LogP contribution is 2.33. The molecule has 0 bridgehead atoms. The summed E-state index contributed by atoms with van der Waals surface area (Å²) in [6.07, 6.45) is 6.66. The van der Waals surface area contributed by atoms with Crippen molar-refractivity contribution in [2.75, 3.05) is 0 Å². The molecule has 1 nitrogen and oxygen atoms in total. The Morgan fingerprint density at radius 3 is 2.45 bits per heavy atom. The number of hydrogen-bond donors (Lipinski definition) is 1. The van der Waals surface area contributed by atoms with Crippen LogP contribution in [0.1, 0.15) is 46.0 Å². The summed E-state index contributed by atoms with van der Waals surface area (Å²) in [6, 6.07) is 0.518. The van der Waals surface area contributed by atoms with Crippen LogP contribution in [-0.4, -0.2) is 6.04 Å². The van der Waals surface area contributed by atoms with Crippen molar-refractivity contribution >= 4 is 0 Å². The van der Waals surface area contributed by atoms with Crippen molar-refractivity contribution in [1.82, 2.24) is 0 Å². The fourth-order valence-corrected chi connectivity index (χ4v) is 1.44. The molecule has 1 rings (SSSR count). The first-order valence-electron chi connectivity index (χ1n) is 4.99. The molecule has 0 aromatic heterocycles. The Morgan fingerprint density at radius 2 is 2.00 bits per heavy atom. The molecule has 1 aliphatic rings. The van der Waals surface area contributed by atoms with Crippen molar-refractivity contribution in [3.8, 4) is 0 Å². The normalized spacial score (nSPS) is 23.2. The van der Waals surface area contributed by atoms with Gasteiger partial charge in [-0.3, -0.25) is 0 Å². The van der Waals surface area contributed by atoms with Crippen molar-refractivity contribution in [1.29, 1.82) is 0 Å². The molecule has 1 fully saturated rings. The van der Waals surface area contributed by atoms with Gasteiger partial charge in [0.1, 0.15) is 0 Å². The minimum atomic E-state index is 0.518. The quantitative estimate of drug-likeness (QED) is 0.648. The van der Waals surface area contributed by atoms with Crippen LogP contribution in [-0.2, 0) is 0 Å². The van der Waals surface area contributed by atoms with E-state index in [1.165, 1.54) is 32.1 Å². The third-order valence-electron chi connectivity index (χ3n) is 2.92. The molecule has 0 aliphatic heterocycles. The van der Waals surface area contributed by atoms with Gasteiger partial charge in [-0.25, -0.2) is 0 Å². The Hall–Kier alpha value is -0.0400. The summed E-state index contributed by atoms with van der Waals surface area (Å²) in [5.41, 5.74) is 5.98. The van der Waals surface area contributed by atoms with Gasteiger partial charge in [0.15, 0.2) is 0 Å². The molecule has 2 unspecified atom stereocenters. The van der Waals surface area contributed by atoms with Gasteiger partial charge >= 0.3 is 0 Å². The fourth-order valence-electron chi connectivity index (χ4n) is 1.44. The lowest BCUT2D eigenvalue weighted by Crippen LogP contribution is -2.22. The third-order valence-corrected chi connectivity index (χ3v) is 2.92. The van der Waals surface area contributed by atoms with E-state index < -0.39 is 0 Å². The molecule has 2 atom stereocenters. The first kappa shape index (κ1) is 9.05. The lowest BCUT2D eigenvalue weighted by atomic mass is 9.98. The lowest BCUT2D eigenvalue weighted by Gasteiger charge is -2.12. The largest absolute Gasteiger partial charge is 0.327 e. The number of rotatable bonds is 5. The Bertz CT molecular complexity index is 107. The molecule has 0 aromatic carbocycles. The summed E-state index contributed by atoms with van der Waals surface area (Å²) in [6.45, 7) is 4.58. The first-order valence-corrected chi connectivity index (χ1v) is 4.99. The number of hydrogen-bond acceptors (Lipinski definition) is 1. The predicted molar refractivity (Wildman–Crippen MR) is 49.4 cm³/mol. The van der Waals surface area contributed by atoms with Crippen LogP contribution in [0.15, 0.2) is 0 Å². The van der Waals surface area contributed by atoms with Gasteiger partial charge < -0.3 is 5.73 Å². The van der Waals surface area contributed by atoms with Crippen LogP contribution in [0.2, 0.25) is 0 Å². The van der Waals surface area contributed by atoms with Gasteiger partial charge in [0, 0.05) is 6.04 Å². The van der Waals surface area contributed by atoms with E-state index in [-0.39, 0.29) is 0 Å². The Kier molecular flexibility index (Phi) is 3.38. The van der Waals surface area contributed by atoms with E-state index in [2.05, 4.69) is 13.8 Å². The summed E-state index contributed by atoms with van der Waals surface area (Å²) in [5, 5.41) is 0. The molecule has 1 heteroatoms. The molecule has 11 heavy (non-hydrogen) atoms. The minimum Gasteiger partial charge on any atom is -0.327 e. The Balaban J connectivity index is 2.00. The molecule has 1 aliphatic carbocycles. The highest BCUT2D eigenvalue weighted by atomic mass is 14.7. The fraction of sp³-hybridized carbons (Fsp3) is 1.00. The summed E-state index contributed by atoms with van der Waals surface area (Å²) in [5.74, 6) is 1.76. The molecule has 0 spiro atoms. The molecular weight excluding hydrogens is 134 g/mol. The van der Waals surface area contributed by atoms with E-state index in [1.807, 2.05) is 0 Å². The topological polar surface area (TPSA) is 26.0 Å². The maximum Gasteiger partial charge on any atom is 0.00672 e. The van der Waals surface area contributed by atoms with Crippen molar-refractivity contribution in [3.63, 3.8) is 0 Å². The second-order valence-corrected chi connectivity index (χ2v) is 4.09. The van der Waals surface area contributed by atoms with Crippen molar-refractivity contribution in [2.24, 2.45) is 17.6 Å². The van der Waals surface area contributed by atoms with Gasteiger partial charge in [0.2, 0.25) is 0 Å². The van der Waals surface area contributed by atoms with E-state index in [9.17, 15) is 0 Å². The van der Waals surface area contributed by atoms with Crippen LogP contribution in [0, 0.1) is 11.8 Å². The van der Waals surface area contributed by atoms with Gasteiger partial charge in [-0.1, -0.05) is 20.3 Å². The monoisotopic (exact) mass is 155 g/mol. The Morgan fingerprint density at radius 1 is 1.36 bits per heavy atom. The zero-order chi connectivity index (χ0) is 8.27. The van der Waals surface area contributed by atoms with Crippen LogP contribution < -0.4 is 5.73 Å². The smallest absolute Gasteiger partial charge is 0.00672 e. The number of nitrogens with two attached hydrogens (primary N) is 1. The lowest BCUT2D eigenvalue weighted by molar-refractivity contribution is 0.437. The van der Waals surface area contributed by atoms with Crippen molar-refractivity contribution in [2.45, 2.75) is 52.0 Å². The van der Waals surface area contributed by atoms with Gasteiger partial charge in [-0.2, -0.15) is 0 Å².